The number of hydrogen-bond donors (Lipinski definition) is 2. The molecule has 0 aliphatic carbocycles. The Kier molecular flexibility index (Phi) is 10.1. The van der Waals surface area contributed by atoms with Crippen LogP contribution in [-0.4, -0.2) is 33.5 Å². The van der Waals surface area contributed by atoms with E-state index < -0.39 is 11.2 Å². The normalized spacial score (nSPS) is 10.7. The van der Waals surface area contributed by atoms with E-state index in [1.807, 2.05) is 4.98 Å². The van der Waals surface area contributed by atoms with E-state index in [-0.39, 0.29) is 16.7 Å². The average Bonchev–Trinajstić information content (AvgIpc) is 2.52. The smallest absolute Gasteiger partial charge is 0.342 e. The van der Waals surface area contributed by atoms with E-state index >= 15 is 0 Å². The highest BCUT2D eigenvalue weighted by molar-refractivity contribution is 7.99. The van der Waals surface area contributed by atoms with Gasteiger partial charge in [0.05, 0.1) is 12.4 Å². The van der Waals surface area contributed by atoms with Gasteiger partial charge in [0, 0.05) is 0 Å². The van der Waals surface area contributed by atoms with Crippen LogP contribution in [0.15, 0.2) is 14.6 Å². The van der Waals surface area contributed by atoms with Crippen LogP contribution in [0.4, 0.5) is 0 Å². The number of rotatable bonds is 12. The Labute approximate surface area is 139 Å². The second-order valence-electron chi connectivity index (χ2n) is 5.30. The zero-order valence-corrected chi connectivity index (χ0v) is 14.4. The van der Waals surface area contributed by atoms with Crippen molar-refractivity contribution in [3.63, 3.8) is 0 Å². The van der Waals surface area contributed by atoms with Crippen LogP contribution in [0.25, 0.3) is 0 Å². The maximum absolute atomic E-state index is 11.5. The summed E-state index contributed by atoms with van der Waals surface area (Å²) in [6.45, 7) is 2.61. The highest BCUT2D eigenvalue weighted by Crippen LogP contribution is 2.10. The van der Waals surface area contributed by atoms with Gasteiger partial charge >= 0.3 is 11.7 Å². The maximum atomic E-state index is 11.5. The molecule has 0 aromatic carbocycles. The van der Waals surface area contributed by atoms with Crippen molar-refractivity contribution >= 4 is 17.7 Å². The Bertz CT molecular complexity index is 570. The summed E-state index contributed by atoms with van der Waals surface area (Å²) in [5, 5.41) is 5.74. The quantitative estimate of drug-likeness (QED) is 0.342. The van der Waals surface area contributed by atoms with Crippen molar-refractivity contribution in [3.05, 3.63) is 20.8 Å². The molecule has 0 radical (unpaired) electrons. The number of hydrogen-bond acceptors (Lipinski definition) is 6. The minimum atomic E-state index is -0.670. The molecule has 0 bridgehead atoms. The van der Waals surface area contributed by atoms with Crippen molar-refractivity contribution in [2.75, 3.05) is 12.4 Å². The lowest BCUT2D eigenvalue weighted by molar-refractivity contribution is -0.140. The minimum Gasteiger partial charge on any atom is -0.465 e. The van der Waals surface area contributed by atoms with Crippen LogP contribution in [-0.2, 0) is 9.53 Å². The number of ether oxygens (including phenoxy) is 1. The second kappa shape index (κ2) is 11.9. The zero-order valence-electron chi connectivity index (χ0n) is 13.6. The van der Waals surface area contributed by atoms with Crippen molar-refractivity contribution in [2.45, 2.75) is 63.3 Å². The lowest BCUT2D eigenvalue weighted by Crippen LogP contribution is -2.25. The maximum Gasteiger partial charge on any atom is 0.342 e. The van der Waals surface area contributed by atoms with Gasteiger partial charge in [-0.1, -0.05) is 63.6 Å². The van der Waals surface area contributed by atoms with Crippen molar-refractivity contribution in [1.29, 1.82) is 0 Å². The summed E-state index contributed by atoms with van der Waals surface area (Å²) in [6, 6.07) is 0. The van der Waals surface area contributed by atoms with Crippen molar-refractivity contribution in [1.82, 2.24) is 15.2 Å². The fourth-order valence-electron chi connectivity index (χ4n) is 2.03. The predicted molar refractivity (Wildman–Crippen MR) is 89.8 cm³/mol. The van der Waals surface area contributed by atoms with Crippen LogP contribution < -0.4 is 11.2 Å². The van der Waals surface area contributed by atoms with Gasteiger partial charge in [-0.05, 0) is 6.42 Å². The first-order chi connectivity index (χ1) is 11.1. The number of H-pyrrole nitrogens is 2. The summed E-state index contributed by atoms with van der Waals surface area (Å²) in [4.78, 5) is 35.8. The molecule has 0 saturated heterocycles. The molecule has 0 unspecified atom stereocenters. The first kappa shape index (κ1) is 19.5. The number of nitrogens with one attached hydrogen (secondary N) is 2. The molecule has 2 N–H and O–H groups in total. The van der Waals surface area contributed by atoms with Gasteiger partial charge in [-0.25, -0.2) is 9.89 Å². The number of nitrogens with zero attached hydrogens (tertiary/aromatic N) is 1. The SMILES string of the molecule is CCCCCCCCCCOC(=O)CSc1n[nH]c(=O)[nH]c1=O. The standard InChI is InChI=1S/C15H25N3O4S/c1-2-3-4-5-6-7-8-9-10-22-12(19)11-23-14-13(20)16-15(21)18-17-14/h2-11H2,1H3,(H2,16,18,20,21). The number of esters is 1. The summed E-state index contributed by atoms with van der Waals surface area (Å²) >= 11 is 0.944. The molecule has 23 heavy (non-hydrogen) atoms. The van der Waals surface area contributed by atoms with Crippen molar-refractivity contribution in [3.8, 4) is 0 Å². The molecule has 0 aliphatic heterocycles. The molecule has 0 aliphatic rings. The minimum absolute atomic E-state index is 0.000852. The van der Waals surface area contributed by atoms with E-state index in [0.29, 0.717) is 6.61 Å². The summed E-state index contributed by atoms with van der Waals surface area (Å²) in [7, 11) is 0. The Morgan fingerprint density at radius 2 is 1.74 bits per heavy atom. The Morgan fingerprint density at radius 3 is 2.39 bits per heavy atom. The second-order valence-corrected chi connectivity index (χ2v) is 6.26. The molecule has 0 fully saturated rings. The first-order valence-corrected chi connectivity index (χ1v) is 9.09. The summed E-state index contributed by atoms with van der Waals surface area (Å²) in [5.74, 6) is -0.385. The van der Waals surface area contributed by atoms with Crippen LogP contribution in [0.1, 0.15) is 58.3 Å². The largest absolute Gasteiger partial charge is 0.465 e. The monoisotopic (exact) mass is 343 g/mol. The molecule has 130 valence electrons. The molecule has 0 spiro atoms. The topological polar surface area (TPSA) is 105 Å². The van der Waals surface area contributed by atoms with E-state index in [0.717, 1.165) is 24.6 Å². The van der Waals surface area contributed by atoms with E-state index in [2.05, 4.69) is 17.1 Å². The van der Waals surface area contributed by atoms with Gasteiger partial charge in [-0.2, -0.15) is 5.10 Å². The number of unbranched alkanes of at least 4 members (excludes halogenated alkanes) is 7. The third-order valence-electron chi connectivity index (χ3n) is 3.27. The van der Waals surface area contributed by atoms with Crippen LogP contribution in [0.2, 0.25) is 0 Å². The number of aromatic amines is 2. The zero-order chi connectivity index (χ0) is 16.9. The molecule has 1 rings (SSSR count). The van der Waals surface area contributed by atoms with Crippen molar-refractivity contribution in [2.24, 2.45) is 0 Å². The average molecular weight is 343 g/mol. The summed E-state index contributed by atoms with van der Waals surface area (Å²) < 4.78 is 5.10. The first-order valence-electron chi connectivity index (χ1n) is 8.11. The molecule has 7 nitrogen and oxygen atoms in total. The summed E-state index contributed by atoms with van der Waals surface area (Å²) in [6.07, 6.45) is 9.49. The van der Waals surface area contributed by atoms with E-state index in [9.17, 15) is 14.4 Å². The van der Waals surface area contributed by atoms with Gasteiger partial charge in [0.25, 0.3) is 5.56 Å². The molecule has 1 aromatic rings. The van der Waals surface area contributed by atoms with Crippen molar-refractivity contribution < 1.29 is 9.53 Å². The Balaban J connectivity index is 2.04. The fraction of sp³-hybridized carbons (Fsp3) is 0.733. The highest BCUT2D eigenvalue weighted by Gasteiger charge is 2.08. The summed E-state index contributed by atoms with van der Waals surface area (Å²) in [5.41, 5.74) is -1.27. The Hall–Kier alpha value is -1.57. The van der Waals surface area contributed by atoms with Crippen LogP contribution in [0.3, 0.4) is 0 Å². The highest BCUT2D eigenvalue weighted by atomic mass is 32.2. The van der Waals surface area contributed by atoms with E-state index in [4.69, 9.17) is 4.74 Å². The molecule has 1 heterocycles. The number of thioether (sulfide) groups is 1. The van der Waals surface area contributed by atoms with Gasteiger partial charge in [-0.3, -0.25) is 14.6 Å². The number of carbonyl (C=O) groups is 1. The van der Waals surface area contributed by atoms with Crippen LogP contribution >= 0.6 is 11.8 Å². The lowest BCUT2D eigenvalue weighted by atomic mass is 10.1. The third-order valence-corrected chi connectivity index (χ3v) is 4.20. The molecule has 1 aromatic heterocycles. The van der Waals surface area contributed by atoms with Gasteiger partial charge < -0.3 is 4.74 Å². The van der Waals surface area contributed by atoms with Gasteiger partial charge in [-0.15, -0.1) is 0 Å². The Morgan fingerprint density at radius 1 is 1.09 bits per heavy atom. The molecule has 0 atom stereocenters. The van der Waals surface area contributed by atoms with Gasteiger partial charge in [0.2, 0.25) is 0 Å². The lowest BCUT2D eigenvalue weighted by Gasteiger charge is -2.04. The van der Waals surface area contributed by atoms with Crippen LogP contribution in [0.5, 0.6) is 0 Å². The van der Waals surface area contributed by atoms with E-state index in [1.54, 1.807) is 0 Å². The third kappa shape index (κ3) is 9.22. The molecular formula is C15H25N3O4S. The molecule has 0 saturated carbocycles. The molecule has 0 amide bonds. The van der Waals surface area contributed by atoms with E-state index in [1.165, 1.54) is 38.5 Å². The molecule has 8 heteroatoms. The molecular weight excluding hydrogens is 318 g/mol. The van der Waals surface area contributed by atoms with Gasteiger partial charge in [0.15, 0.2) is 5.03 Å². The fourth-order valence-corrected chi connectivity index (χ4v) is 2.66. The van der Waals surface area contributed by atoms with Gasteiger partial charge in [0.1, 0.15) is 0 Å². The predicted octanol–water partition coefficient (Wildman–Crippen LogP) is 2.23. The number of aromatic nitrogens is 3. The van der Waals surface area contributed by atoms with Crippen LogP contribution in [0, 0.1) is 0 Å². The number of carbonyl (C=O) groups excluding carboxylic acids is 1.